The number of fused-ring (bicyclic) bond motifs is 5. The van der Waals surface area contributed by atoms with E-state index in [9.17, 15) is 9.90 Å². The van der Waals surface area contributed by atoms with Gasteiger partial charge in [0.2, 0.25) is 5.71 Å². The van der Waals surface area contributed by atoms with Crippen molar-refractivity contribution in [3.05, 3.63) is 22.2 Å². The zero-order chi connectivity index (χ0) is 14.0. The van der Waals surface area contributed by atoms with Gasteiger partial charge in [-0.2, -0.15) is 4.98 Å². The van der Waals surface area contributed by atoms with Crippen molar-refractivity contribution >= 4 is 11.1 Å². The van der Waals surface area contributed by atoms with Gasteiger partial charge in [0.1, 0.15) is 23.4 Å². The molecule has 8 heteroatoms. The molecule has 0 aromatic carbocycles. The fourth-order valence-corrected chi connectivity index (χ4v) is 2.76. The Morgan fingerprint density at radius 1 is 1.50 bits per heavy atom. The lowest BCUT2D eigenvalue weighted by molar-refractivity contribution is -0.0428. The molecule has 1 saturated heterocycles. The second kappa shape index (κ2) is 3.81. The van der Waals surface area contributed by atoms with Gasteiger partial charge in [0.15, 0.2) is 12.3 Å². The van der Waals surface area contributed by atoms with E-state index in [1.54, 1.807) is 13.0 Å². The lowest BCUT2D eigenvalue weighted by atomic mass is 10.1. The third-order valence-electron chi connectivity index (χ3n) is 3.68. The normalized spacial score (nSPS) is 31.4. The Bertz CT molecular complexity index is 750. The molecule has 0 amide bonds. The number of hydrogen-bond acceptors (Lipinski definition) is 7. The number of aliphatic hydroxyl groups is 2. The molecule has 4 atom stereocenters. The quantitative estimate of drug-likeness (QED) is 0.712. The molecule has 0 spiro atoms. The highest BCUT2D eigenvalue weighted by Crippen LogP contribution is 2.41. The SMILES string of the molecule is Cc1cc2c(=O)nc3n(c2o1)[C@@H]1O[C@H](CO)[C@@H](O)[C@@H]1O3. The van der Waals surface area contributed by atoms with Crippen LogP contribution in [0.25, 0.3) is 11.1 Å². The summed E-state index contributed by atoms with van der Waals surface area (Å²) < 4.78 is 18.1. The van der Waals surface area contributed by atoms with E-state index in [2.05, 4.69) is 4.98 Å². The fourth-order valence-electron chi connectivity index (χ4n) is 2.76. The molecule has 2 N–H and O–H groups in total. The van der Waals surface area contributed by atoms with E-state index in [-0.39, 0.29) is 12.6 Å². The monoisotopic (exact) mass is 280 g/mol. The third kappa shape index (κ3) is 1.35. The van der Waals surface area contributed by atoms with Gasteiger partial charge in [-0.25, -0.2) is 4.57 Å². The molecular weight excluding hydrogens is 268 g/mol. The van der Waals surface area contributed by atoms with E-state index >= 15 is 0 Å². The maximum atomic E-state index is 11.9. The first kappa shape index (κ1) is 11.9. The van der Waals surface area contributed by atoms with Crippen molar-refractivity contribution in [1.82, 2.24) is 9.55 Å². The van der Waals surface area contributed by atoms with Crippen LogP contribution in [0.1, 0.15) is 12.0 Å². The van der Waals surface area contributed by atoms with Crippen molar-refractivity contribution in [2.24, 2.45) is 0 Å². The van der Waals surface area contributed by atoms with E-state index in [0.717, 1.165) is 0 Å². The van der Waals surface area contributed by atoms with Crippen LogP contribution >= 0.6 is 0 Å². The minimum absolute atomic E-state index is 0.0577. The van der Waals surface area contributed by atoms with Crippen LogP contribution < -0.4 is 10.3 Å². The van der Waals surface area contributed by atoms with Gasteiger partial charge >= 0.3 is 6.01 Å². The van der Waals surface area contributed by atoms with Crippen molar-refractivity contribution in [3.8, 4) is 6.01 Å². The summed E-state index contributed by atoms with van der Waals surface area (Å²) in [6, 6.07) is 1.66. The second-order valence-corrected chi connectivity index (χ2v) is 4.97. The molecule has 0 bridgehead atoms. The Hall–Kier alpha value is -1.90. The Morgan fingerprint density at radius 3 is 3.05 bits per heavy atom. The molecule has 0 aliphatic carbocycles. The average molecular weight is 280 g/mol. The average Bonchev–Trinajstić information content (AvgIpc) is 3.03. The molecule has 0 saturated carbocycles. The number of aromatic nitrogens is 2. The zero-order valence-corrected chi connectivity index (χ0v) is 10.5. The van der Waals surface area contributed by atoms with Gasteiger partial charge in [-0.05, 0) is 13.0 Å². The van der Waals surface area contributed by atoms with E-state index in [0.29, 0.717) is 16.9 Å². The summed E-state index contributed by atoms with van der Waals surface area (Å²) in [6.07, 6.45) is -3.11. The van der Waals surface area contributed by atoms with Crippen LogP contribution in [-0.4, -0.2) is 44.7 Å². The number of ether oxygens (including phenoxy) is 2. The Labute approximate surface area is 112 Å². The summed E-state index contributed by atoms with van der Waals surface area (Å²) in [6.45, 7) is 1.40. The van der Waals surface area contributed by atoms with Gasteiger partial charge in [-0.15, -0.1) is 0 Å². The Morgan fingerprint density at radius 2 is 2.30 bits per heavy atom. The zero-order valence-electron chi connectivity index (χ0n) is 10.5. The smallest absolute Gasteiger partial charge is 0.305 e. The van der Waals surface area contributed by atoms with Crippen molar-refractivity contribution in [2.45, 2.75) is 31.5 Å². The molecule has 8 nitrogen and oxygen atoms in total. The highest BCUT2D eigenvalue weighted by molar-refractivity contribution is 5.74. The lowest BCUT2D eigenvalue weighted by Gasteiger charge is -2.14. The maximum absolute atomic E-state index is 11.9. The van der Waals surface area contributed by atoms with Gasteiger partial charge in [-0.1, -0.05) is 0 Å². The minimum atomic E-state index is -0.993. The molecule has 2 aliphatic heterocycles. The van der Waals surface area contributed by atoms with E-state index in [1.165, 1.54) is 4.57 Å². The first-order valence-corrected chi connectivity index (χ1v) is 6.24. The molecule has 2 aromatic rings. The molecule has 4 heterocycles. The minimum Gasteiger partial charge on any atom is -0.453 e. The van der Waals surface area contributed by atoms with Crippen molar-refractivity contribution in [1.29, 1.82) is 0 Å². The molecule has 4 rings (SSSR count). The predicted molar refractivity (Wildman–Crippen MR) is 64.4 cm³/mol. The summed E-state index contributed by atoms with van der Waals surface area (Å²) in [4.78, 5) is 15.7. The largest absolute Gasteiger partial charge is 0.453 e. The van der Waals surface area contributed by atoms with Gasteiger partial charge < -0.3 is 24.1 Å². The molecule has 20 heavy (non-hydrogen) atoms. The molecule has 2 aliphatic rings. The van der Waals surface area contributed by atoms with Crippen LogP contribution in [0.4, 0.5) is 0 Å². The Kier molecular flexibility index (Phi) is 2.27. The fraction of sp³-hybridized carbons (Fsp3) is 0.500. The number of aliphatic hydroxyl groups excluding tert-OH is 2. The van der Waals surface area contributed by atoms with Crippen LogP contribution in [0, 0.1) is 6.92 Å². The number of furan rings is 1. The summed E-state index contributed by atoms with van der Waals surface area (Å²) in [5.74, 6) is 0.570. The highest BCUT2D eigenvalue weighted by atomic mass is 16.6. The molecule has 106 valence electrons. The number of hydrogen-bond donors (Lipinski definition) is 2. The molecule has 0 radical (unpaired) electrons. The molecule has 2 aromatic heterocycles. The summed E-state index contributed by atoms with van der Waals surface area (Å²) in [5.41, 5.74) is -0.146. The molecular formula is C12H12N2O6. The Balaban J connectivity index is 1.93. The standard InChI is InChI=1S/C12H12N2O6/c1-4-2-5-9(17)13-12-14(10(5)18-4)11-8(20-12)7(16)6(3-15)19-11/h2,6-8,11,15-16H,3H2,1H3/t6-,7-,8+,11-/m1/s1. The first-order valence-electron chi connectivity index (χ1n) is 6.24. The molecule has 1 fully saturated rings. The number of aryl methyl sites for hydroxylation is 1. The topological polar surface area (TPSA) is 107 Å². The van der Waals surface area contributed by atoms with Crippen molar-refractivity contribution in [3.63, 3.8) is 0 Å². The van der Waals surface area contributed by atoms with Crippen molar-refractivity contribution in [2.75, 3.05) is 6.61 Å². The number of rotatable bonds is 1. The van der Waals surface area contributed by atoms with Crippen molar-refractivity contribution < 1.29 is 24.1 Å². The lowest BCUT2D eigenvalue weighted by Crippen LogP contribution is -2.34. The van der Waals surface area contributed by atoms with Gasteiger partial charge in [0.05, 0.1) is 6.61 Å². The van der Waals surface area contributed by atoms with E-state index in [4.69, 9.17) is 19.0 Å². The predicted octanol–water partition coefficient (Wildman–Crippen LogP) is -0.690. The van der Waals surface area contributed by atoms with Gasteiger partial charge in [-0.3, -0.25) is 4.79 Å². The van der Waals surface area contributed by atoms with E-state index in [1.807, 2.05) is 0 Å². The second-order valence-electron chi connectivity index (χ2n) is 4.97. The maximum Gasteiger partial charge on any atom is 0.305 e. The van der Waals surface area contributed by atoms with Crippen LogP contribution in [0.3, 0.4) is 0 Å². The van der Waals surface area contributed by atoms with Crippen LogP contribution in [0.5, 0.6) is 6.01 Å². The summed E-state index contributed by atoms with van der Waals surface area (Å²) in [7, 11) is 0. The highest BCUT2D eigenvalue weighted by Gasteiger charge is 2.52. The van der Waals surface area contributed by atoms with Gasteiger partial charge in [0.25, 0.3) is 5.56 Å². The first-order chi connectivity index (χ1) is 9.60. The number of nitrogens with zero attached hydrogens (tertiary/aromatic N) is 2. The van der Waals surface area contributed by atoms with Crippen LogP contribution in [0.15, 0.2) is 15.3 Å². The van der Waals surface area contributed by atoms with E-state index < -0.39 is 30.1 Å². The van der Waals surface area contributed by atoms with Gasteiger partial charge in [0, 0.05) is 0 Å². The molecule has 0 unspecified atom stereocenters. The van der Waals surface area contributed by atoms with Crippen LogP contribution in [0.2, 0.25) is 0 Å². The summed E-state index contributed by atoms with van der Waals surface area (Å²) in [5, 5.41) is 19.5. The summed E-state index contributed by atoms with van der Waals surface area (Å²) >= 11 is 0. The van der Waals surface area contributed by atoms with Crippen LogP contribution in [-0.2, 0) is 4.74 Å². The third-order valence-corrected chi connectivity index (χ3v) is 3.68.